The van der Waals surface area contributed by atoms with Gasteiger partial charge in [-0.1, -0.05) is 17.3 Å². The van der Waals surface area contributed by atoms with Crippen LogP contribution in [-0.2, 0) is 9.63 Å². The molecule has 1 saturated heterocycles. The summed E-state index contributed by atoms with van der Waals surface area (Å²) in [6, 6.07) is 7.75. The number of benzene rings is 1. The molecule has 1 aliphatic rings. The van der Waals surface area contributed by atoms with Crippen molar-refractivity contribution in [1.29, 1.82) is 0 Å². The van der Waals surface area contributed by atoms with Crippen molar-refractivity contribution >= 4 is 40.3 Å². The summed E-state index contributed by atoms with van der Waals surface area (Å²) < 4.78 is 5.70. The first-order valence-corrected chi connectivity index (χ1v) is 12.4. The van der Waals surface area contributed by atoms with Crippen molar-refractivity contribution in [3.05, 3.63) is 47.1 Å². The number of allylic oxidation sites excluding steroid dienone is 1. The lowest BCUT2D eigenvalue weighted by molar-refractivity contribution is -0.102. The van der Waals surface area contributed by atoms with Gasteiger partial charge in [-0.3, -0.25) is 9.79 Å². The summed E-state index contributed by atoms with van der Waals surface area (Å²) in [4.78, 5) is 24.5. The number of carbonyl (C=O) groups is 1. The quantitative estimate of drug-likeness (QED) is 0.118. The Hall–Kier alpha value is -3.28. The maximum atomic E-state index is 11.2. The first kappa shape index (κ1) is 26.3. The number of aromatic nitrogens is 1. The molecule has 1 fully saturated rings. The molecule has 0 bridgehead atoms. The fourth-order valence-electron chi connectivity index (χ4n) is 3.22. The van der Waals surface area contributed by atoms with Crippen LogP contribution >= 0.6 is 11.3 Å². The molecular formula is C24H33N7O3S. The molecule has 0 radical (unpaired) electrons. The highest BCUT2D eigenvalue weighted by atomic mass is 32.1. The lowest BCUT2D eigenvalue weighted by atomic mass is 10.0. The number of hydrogen-bond acceptors (Lipinski definition) is 11. The molecule has 0 amide bonds. The van der Waals surface area contributed by atoms with E-state index >= 15 is 0 Å². The standard InChI is InChI=1S/C24H33N7O3S/c1-26-14-20(15-28-8-2-7-27-11-18-12-29-13-18)19-3-5-21(6-4-19)33-9-10-34-31-22(16-32)23-17-35-24(25)30-23/h3-6,14-18,27-29H,2,7-13H2,1H3,(H2,25,30)/b20-15+,26-14+,31-22+. The van der Waals surface area contributed by atoms with Crippen molar-refractivity contribution < 1.29 is 14.4 Å². The van der Waals surface area contributed by atoms with E-state index in [2.05, 4.69) is 31.1 Å². The molecule has 0 saturated carbocycles. The molecule has 1 aromatic carbocycles. The summed E-state index contributed by atoms with van der Waals surface area (Å²) in [5.41, 5.74) is 8.09. The second-order valence-corrected chi connectivity index (χ2v) is 8.78. The Bertz CT molecular complexity index is 1000. The fraction of sp³-hybridized carbons (Fsp3) is 0.417. The number of oxime groups is 1. The summed E-state index contributed by atoms with van der Waals surface area (Å²) in [7, 11) is 1.76. The number of nitrogens with two attached hydrogens (primary N) is 1. The van der Waals surface area contributed by atoms with Crippen LogP contribution in [0.25, 0.3) is 5.57 Å². The average Bonchev–Trinajstić information content (AvgIpc) is 3.27. The van der Waals surface area contributed by atoms with Crippen molar-refractivity contribution in [2.75, 3.05) is 58.7 Å². The maximum Gasteiger partial charge on any atom is 0.180 e. The first-order chi connectivity index (χ1) is 17.2. The molecule has 1 aliphatic heterocycles. The Labute approximate surface area is 209 Å². The number of nitrogens with one attached hydrogen (secondary N) is 3. The summed E-state index contributed by atoms with van der Waals surface area (Å²) >= 11 is 1.23. The molecule has 188 valence electrons. The minimum Gasteiger partial charge on any atom is -0.490 e. The molecule has 2 aromatic rings. The molecule has 3 rings (SSSR count). The molecule has 0 atom stereocenters. The van der Waals surface area contributed by atoms with E-state index in [4.69, 9.17) is 15.3 Å². The predicted molar refractivity (Wildman–Crippen MR) is 141 cm³/mol. The van der Waals surface area contributed by atoms with Gasteiger partial charge in [0.1, 0.15) is 18.1 Å². The number of nitrogens with zero attached hydrogens (tertiary/aromatic N) is 3. The van der Waals surface area contributed by atoms with Crippen LogP contribution < -0.4 is 26.4 Å². The molecule has 5 N–H and O–H groups in total. The van der Waals surface area contributed by atoms with Crippen LogP contribution in [0.1, 0.15) is 17.7 Å². The highest BCUT2D eigenvalue weighted by molar-refractivity contribution is 7.13. The Morgan fingerprint density at radius 1 is 1.29 bits per heavy atom. The van der Waals surface area contributed by atoms with Gasteiger partial charge < -0.3 is 31.3 Å². The lowest BCUT2D eigenvalue weighted by Crippen LogP contribution is -2.47. The van der Waals surface area contributed by atoms with Crippen molar-refractivity contribution in [3.63, 3.8) is 0 Å². The summed E-state index contributed by atoms with van der Waals surface area (Å²) in [6.45, 7) is 5.71. The van der Waals surface area contributed by atoms with Gasteiger partial charge in [0, 0.05) is 56.6 Å². The monoisotopic (exact) mass is 499 g/mol. The zero-order valence-corrected chi connectivity index (χ0v) is 20.7. The zero-order chi connectivity index (χ0) is 24.7. The van der Waals surface area contributed by atoms with Crippen LogP contribution in [0.3, 0.4) is 0 Å². The predicted octanol–water partition coefficient (Wildman–Crippen LogP) is 1.55. The van der Waals surface area contributed by atoms with Crippen molar-refractivity contribution in [3.8, 4) is 5.75 Å². The molecule has 2 heterocycles. The largest absolute Gasteiger partial charge is 0.490 e. The number of thiazole rings is 1. The Balaban J connectivity index is 1.38. The molecule has 11 heteroatoms. The second kappa shape index (κ2) is 14.9. The number of anilines is 1. The van der Waals surface area contributed by atoms with Gasteiger partial charge in [-0.2, -0.15) is 0 Å². The molecular weight excluding hydrogens is 466 g/mol. The van der Waals surface area contributed by atoms with Crippen LogP contribution in [0.15, 0.2) is 46.0 Å². The number of rotatable bonds is 16. The minimum absolute atomic E-state index is 0.0929. The number of aliphatic imine (C=N–C) groups is 1. The van der Waals surface area contributed by atoms with Gasteiger partial charge in [-0.15, -0.1) is 11.3 Å². The third-order valence-corrected chi connectivity index (χ3v) is 5.86. The van der Waals surface area contributed by atoms with Gasteiger partial charge in [0.05, 0.1) is 0 Å². The molecule has 35 heavy (non-hydrogen) atoms. The van der Waals surface area contributed by atoms with E-state index in [0.717, 1.165) is 56.2 Å². The van der Waals surface area contributed by atoms with Crippen molar-refractivity contribution in [1.82, 2.24) is 20.9 Å². The van der Waals surface area contributed by atoms with E-state index < -0.39 is 0 Å². The molecule has 1 aromatic heterocycles. The van der Waals surface area contributed by atoms with E-state index in [9.17, 15) is 4.79 Å². The van der Waals surface area contributed by atoms with Crippen LogP contribution in [0.4, 0.5) is 5.13 Å². The summed E-state index contributed by atoms with van der Waals surface area (Å²) in [5, 5.41) is 16.0. The van der Waals surface area contributed by atoms with E-state index in [1.165, 1.54) is 11.3 Å². The van der Waals surface area contributed by atoms with E-state index in [1.54, 1.807) is 12.4 Å². The van der Waals surface area contributed by atoms with Gasteiger partial charge in [0.15, 0.2) is 23.7 Å². The fourth-order valence-corrected chi connectivity index (χ4v) is 3.78. The molecule has 0 unspecified atom stereocenters. The van der Waals surface area contributed by atoms with Gasteiger partial charge >= 0.3 is 0 Å². The van der Waals surface area contributed by atoms with Crippen LogP contribution in [0.5, 0.6) is 5.75 Å². The van der Waals surface area contributed by atoms with Gasteiger partial charge in [-0.05, 0) is 36.6 Å². The average molecular weight is 500 g/mol. The maximum absolute atomic E-state index is 11.2. The van der Waals surface area contributed by atoms with Gasteiger partial charge in [-0.25, -0.2) is 4.98 Å². The number of hydrogen-bond donors (Lipinski definition) is 4. The van der Waals surface area contributed by atoms with Gasteiger partial charge in [0.2, 0.25) is 0 Å². The minimum atomic E-state index is 0.0929. The summed E-state index contributed by atoms with van der Waals surface area (Å²) in [5.74, 6) is 1.49. The second-order valence-electron chi connectivity index (χ2n) is 7.89. The van der Waals surface area contributed by atoms with Crippen molar-refractivity contribution in [2.24, 2.45) is 16.1 Å². The highest BCUT2D eigenvalue weighted by Gasteiger charge is 2.15. The number of carbonyl (C=O) groups excluding carboxylic acids is 1. The van der Waals surface area contributed by atoms with Gasteiger partial charge in [0.25, 0.3) is 0 Å². The molecule has 0 spiro atoms. The van der Waals surface area contributed by atoms with E-state index in [1.807, 2.05) is 36.7 Å². The third kappa shape index (κ3) is 9.12. The Morgan fingerprint density at radius 2 is 2.11 bits per heavy atom. The zero-order valence-electron chi connectivity index (χ0n) is 19.9. The number of ether oxygens (including phenoxy) is 1. The third-order valence-electron chi connectivity index (χ3n) is 5.19. The lowest BCUT2D eigenvalue weighted by Gasteiger charge is -2.27. The molecule has 10 nitrogen and oxygen atoms in total. The van der Waals surface area contributed by atoms with E-state index in [-0.39, 0.29) is 18.9 Å². The Morgan fingerprint density at radius 3 is 2.77 bits per heavy atom. The van der Waals surface area contributed by atoms with Crippen LogP contribution in [0, 0.1) is 5.92 Å². The molecule has 0 aliphatic carbocycles. The highest BCUT2D eigenvalue weighted by Crippen LogP contribution is 2.17. The summed E-state index contributed by atoms with van der Waals surface area (Å²) in [6.07, 6.45) is 5.46. The normalized spacial score (nSPS) is 14.7. The number of aldehydes is 1. The van der Waals surface area contributed by atoms with Crippen LogP contribution in [-0.4, -0.2) is 76.2 Å². The number of nitrogen functional groups attached to an aromatic ring is 1. The smallest absolute Gasteiger partial charge is 0.180 e. The Kier molecular flexibility index (Phi) is 11.2. The SMILES string of the molecule is C/N=C/C(=C\NCCCNCC1CNC1)c1ccc(OCCO/N=C(\C=O)c2csc(N)n2)cc1. The van der Waals surface area contributed by atoms with E-state index in [0.29, 0.717) is 22.9 Å². The van der Waals surface area contributed by atoms with Crippen molar-refractivity contribution in [2.45, 2.75) is 6.42 Å². The topological polar surface area (TPSA) is 135 Å². The first-order valence-electron chi connectivity index (χ1n) is 11.6. The van der Waals surface area contributed by atoms with Crippen LogP contribution in [0.2, 0.25) is 0 Å².